The zero-order valence-corrected chi connectivity index (χ0v) is 14.1. The normalized spacial score (nSPS) is 19.8. The molecule has 6 nitrogen and oxygen atoms in total. The molecule has 2 N–H and O–H groups in total. The summed E-state index contributed by atoms with van der Waals surface area (Å²) in [5.74, 6) is 1.43. The molecule has 24 heavy (non-hydrogen) atoms. The van der Waals surface area contributed by atoms with Crippen LogP contribution >= 0.6 is 12.2 Å². The fourth-order valence-electron chi connectivity index (χ4n) is 3.19. The lowest BCUT2D eigenvalue weighted by Crippen LogP contribution is -2.35. The number of fused-ring (bicyclic) bond motifs is 1. The fraction of sp³-hybridized carbons (Fsp3) is 0.471. The number of aromatic nitrogens is 3. The molecule has 4 rings (SSSR count). The Hall–Kier alpha value is -1.99. The quantitative estimate of drug-likeness (QED) is 0.816. The highest BCUT2D eigenvalue weighted by atomic mass is 32.1. The zero-order chi connectivity index (χ0) is 16.5. The van der Waals surface area contributed by atoms with Gasteiger partial charge in [0.15, 0.2) is 10.9 Å². The van der Waals surface area contributed by atoms with Gasteiger partial charge in [-0.1, -0.05) is 24.3 Å². The monoisotopic (exact) mass is 344 g/mol. The molecule has 2 aromatic rings. The van der Waals surface area contributed by atoms with Crippen LogP contribution in [0.5, 0.6) is 0 Å². The molecule has 1 aromatic carbocycles. The topological polar surface area (TPSA) is 71.9 Å². The van der Waals surface area contributed by atoms with Crippen molar-refractivity contribution in [3.63, 3.8) is 0 Å². The number of ether oxygens (including phenoxy) is 1. The Morgan fingerprint density at radius 1 is 1.42 bits per heavy atom. The molecule has 2 aliphatic rings. The molecule has 1 saturated carbocycles. The molecule has 1 fully saturated rings. The third-order valence-electron chi connectivity index (χ3n) is 4.60. The summed E-state index contributed by atoms with van der Waals surface area (Å²) in [6, 6.07) is 7.97. The van der Waals surface area contributed by atoms with Crippen LogP contribution in [0, 0.1) is 4.77 Å². The number of nitrogens with one attached hydrogen (secondary N) is 2. The van der Waals surface area contributed by atoms with E-state index >= 15 is 0 Å². The van der Waals surface area contributed by atoms with E-state index in [1.807, 2.05) is 22.8 Å². The number of carbonyl (C=O) groups excluding carboxylic acids is 1. The Bertz CT molecular complexity index is 809. The molecule has 1 amide bonds. The average molecular weight is 344 g/mol. The average Bonchev–Trinajstić information content (AvgIpc) is 3.39. The summed E-state index contributed by atoms with van der Waals surface area (Å²) >= 11 is 5.28. The van der Waals surface area contributed by atoms with Crippen molar-refractivity contribution < 1.29 is 9.53 Å². The first-order chi connectivity index (χ1) is 11.7. The number of carbonyl (C=O) groups is 1. The van der Waals surface area contributed by atoms with E-state index in [1.165, 1.54) is 18.4 Å². The van der Waals surface area contributed by atoms with Crippen molar-refractivity contribution in [3.05, 3.63) is 46.0 Å². The summed E-state index contributed by atoms with van der Waals surface area (Å²) in [6.07, 6.45) is 2.67. The van der Waals surface area contributed by atoms with Gasteiger partial charge in [-0.25, -0.2) is 0 Å². The summed E-state index contributed by atoms with van der Waals surface area (Å²) in [7, 11) is 0. The Kier molecular flexibility index (Phi) is 4.20. The number of hydrogen-bond donors (Lipinski definition) is 2. The molecule has 2 heterocycles. The van der Waals surface area contributed by atoms with Crippen molar-refractivity contribution in [2.45, 2.75) is 37.8 Å². The first-order valence-electron chi connectivity index (χ1n) is 8.36. The number of H-pyrrole nitrogens is 1. The molecular weight excluding hydrogens is 324 g/mol. The highest BCUT2D eigenvalue weighted by Crippen LogP contribution is 2.38. The smallest absolute Gasteiger partial charge is 0.253 e. The third kappa shape index (κ3) is 3.01. The molecular formula is C17H20N4O2S. The van der Waals surface area contributed by atoms with E-state index < -0.39 is 6.10 Å². The number of nitrogens with zero attached hydrogens (tertiary/aromatic N) is 2. The largest absolute Gasteiger partial charge is 0.363 e. The van der Waals surface area contributed by atoms with E-state index in [2.05, 4.69) is 21.6 Å². The van der Waals surface area contributed by atoms with E-state index in [1.54, 1.807) is 0 Å². The molecule has 0 radical (unpaired) electrons. The van der Waals surface area contributed by atoms with Gasteiger partial charge < -0.3 is 14.6 Å². The van der Waals surface area contributed by atoms with Gasteiger partial charge in [-0.15, -0.1) is 0 Å². The van der Waals surface area contributed by atoms with E-state index in [9.17, 15) is 4.79 Å². The number of amides is 1. The van der Waals surface area contributed by atoms with Crippen LogP contribution in [0.4, 0.5) is 0 Å². The van der Waals surface area contributed by atoms with Crippen LogP contribution in [-0.2, 0) is 22.5 Å². The summed E-state index contributed by atoms with van der Waals surface area (Å²) < 4.78 is 8.30. The molecule has 1 atom stereocenters. The Labute approximate surface area is 145 Å². The van der Waals surface area contributed by atoms with Crippen molar-refractivity contribution in [2.75, 3.05) is 13.2 Å². The molecule has 126 valence electrons. The number of benzene rings is 1. The summed E-state index contributed by atoms with van der Waals surface area (Å²) in [5.41, 5.74) is 2.16. The maximum Gasteiger partial charge on any atom is 0.253 e. The van der Waals surface area contributed by atoms with Crippen molar-refractivity contribution in [1.29, 1.82) is 0 Å². The maximum absolute atomic E-state index is 12.5. The Balaban J connectivity index is 1.40. The van der Waals surface area contributed by atoms with E-state index in [-0.39, 0.29) is 5.91 Å². The van der Waals surface area contributed by atoms with Crippen molar-refractivity contribution in [1.82, 2.24) is 20.1 Å². The lowest BCUT2D eigenvalue weighted by Gasteiger charge is -2.25. The molecule has 0 bridgehead atoms. The van der Waals surface area contributed by atoms with Crippen LogP contribution < -0.4 is 5.32 Å². The molecule has 1 aromatic heterocycles. The van der Waals surface area contributed by atoms with Gasteiger partial charge in [0.2, 0.25) is 0 Å². The van der Waals surface area contributed by atoms with Gasteiger partial charge in [0.05, 0.1) is 6.61 Å². The highest BCUT2D eigenvalue weighted by Gasteiger charge is 2.29. The van der Waals surface area contributed by atoms with Gasteiger partial charge in [0.1, 0.15) is 5.82 Å². The second kappa shape index (κ2) is 6.49. The SMILES string of the molecule is O=C(NCCn1c(C2CC2)n[nH]c1=S)[C@@H]1OCCc2ccccc21. The van der Waals surface area contributed by atoms with Gasteiger partial charge in [0.25, 0.3) is 5.91 Å². The second-order valence-corrected chi connectivity index (χ2v) is 6.69. The first kappa shape index (κ1) is 15.5. The van der Waals surface area contributed by atoms with E-state index in [0.717, 1.165) is 17.8 Å². The highest BCUT2D eigenvalue weighted by molar-refractivity contribution is 7.71. The minimum Gasteiger partial charge on any atom is -0.363 e. The van der Waals surface area contributed by atoms with Gasteiger partial charge in [-0.3, -0.25) is 9.89 Å². The van der Waals surface area contributed by atoms with Crippen LogP contribution in [0.25, 0.3) is 0 Å². The molecule has 1 aliphatic heterocycles. The fourth-order valence-corrected chi connectivity index (χ4v) is 3.42. The number of hydrogen-bond acceptors (Lipinski definition) is 4. The van der Waals surface area contributed by atoms with Gasteiger partial charge in [0, 0.05) is 19.0 Å². The summed E-state index contributed by atoms with van der Waals surface area (Å²) in [4.78, 5) is 12.5. The predicted octanol–water partition coefficient (Wildman–Crippen LogP) is 2.25. The summed E-state index contributed by atoms with van der Waals surface area (Å²) in [5, 5.41) is 10.1. The van der Waals surface area contributed by atoms with Gasteiger partial charge >= 0.3 is 0 Å². The molecule has 0 saturated heterocycles. The van der Waals surface area contributed by atoms with Crippen LogP contribution in [0.2, 0.25) is 0 Å². The minimum atomic E-state index is -0.518. The maximum atomic E-state index is 12.5. The van der Waals surface area contributed by atoms with Crippen LogP contribution in [0.3, 0.4) is 0 Å². The van der Waals surface area contributed by atoms with Crippen LogP contribution in [0.15, 0.2) is 24.3 Å². The second-order valence-electron chi connectivity index (χ2n) is 6.30. The zero-order valence-electron chi connectivity index (χ0n) is 13.3. The molecule has 7 heteroatoms. The van der Waals surface area contributed by atoms with Gasteiger partial charge in [-0.05, 0) is 42.6 Å². The lowest BCUT2D eigenvalue weighted by molar-refractivity contribution is -0.134. The van der Waals surface area contributed by atoms with Crippen molar-refractivity contribution >= 4 is 18.1 Å². The van der Waals surface area contributed by atoms with E-state index in [0.29, 0.717) is 30.4 Å². The first-order valence-corrected chi connectivity index (χ1v) is 8.77. The van der Waals surface area contributed by atoms with Crippen LogP contribution in [0.1, 0.15) is 41.8 Å². The van der Waals surface area contributed by atoms with Crippen molar-refractivity contribution in [3.8, 4) is 0 Å². The van der Waals surface area contributed by atoms with Gasteiger partial charge in [-0.2, -0.15) is 5.10 Å². The molecule has 0 unspecified atom stereocenters. The van der Waals surface area contributed by atoms with Crippen molar-refractivity contribution in [2.24, 2.45) is 0 Å². The third-order valence-corrected chi connectivity index (χ3v) is 4.91. The summed E-state index contributed by atoms with van der Waals surface area (Å²) in [6.45, 7) is 1.71. The van der Waals surface area contributed by atoms with Crippen LogP contribution in [-0.4, -0.2) is 33.8 Å². The minimum absolute atomic E-state index is 0.0925. The number of aromatic amines is 1. The molecule has 1 aliphatic carbocycles. The standard InChI is InChI=1S/C17H20N4O2S/c22-16(14-13-4-2-1-3-11(13)7-10-23-14)18-8-9-21-15(12-5-6-12)19-20-17(21)24/h1-4,12,14H,5-10H2,(H,18,22)(H,20,24)/t14-/m1/s1. The lowest BCUT2D eigenvalue weighted by atomic mass is 9.97. The predicted molar refractivity (Wildman–Crippen MR) is 91.2 cm³/mol. The van der Waals surface area contributed by atoms with E-state index in [4.69, 9.17) is 17.0 Å². The molecule has 0 spiro atoms. The number of rotatable bonds is 5. The Morgan fingerprint density at radius 2 is 2.25 bits per heavy atom. The Morgan fingerprint density at radius 3 is 3.08 bits per heavy atom.